The summed E-state index contributed by atoms with van der Waals surface area (Å²) >= 11 is 5.46. The first-order chi connectivity index (χ1) is 13.5. The summed E-state index contributed by atoms with van der Waals surface area (Å²) in [6.45, 7) is 1.46. The van der Waals surface area contributed by atoms with Crippen LogP contribution in [-0.4, -0.2) is 81.8 Å². The van der Waals surface area contributed by atoms with Gasteiger partial charge in [0.05, 0.1) is 6.04 Å². The fourth-order valence-electron chi connectivity index (χ4n) is 2.07. The molecule has 0 radical (unpaired) electrons. The predicted molar refractivity (Wildman–Crippen MR) is 111 cm³/mol. The standard InChI is InChI=1S/C16H28N4O7S2/c1-8(17)13(23)18-9(5-6-29-2)14(24)20-11(7-28)15(25)19-10(16(26)27)3-4-12(21)22/h8-11,28H,3-7,17H2,1-2H3,(H,18,23)(H,19,25)(H,20,24)(H,21,22)(H,26,27). The second kappa shape index (κ2) is 14.1. The van der Waals surface area contributed by atoms with E-state index in [-0.39, 0.29) is 12.2 Å². The molecule has 4 unspecified atom stereocenters. The van der Waals surface area contributed by atoms with Crippen LogP contribution in [0.2, 0.25) is 0 Å². The monoisotopic (exact) mass is 452 g/mol. The molecule has 0 aliphatic heterocycles. The maximum absolute atomic E-state index is 12.5. The van der Waals surface area contributed by atoms with Crippen LogP contribution in [0.5, 0.6) is 0 Å². The minimum absolute atomic E-state index is 0.140. The highest BCUT2D eigenvalue weighted by Gasteiger charge is 2.29. The Balaban J connectivity index is 5.09. The Bertz CT molecular complexity index is 604. The van der Waals surface area contributed by atoms with Crippen LogP contribution in [0.15, 0.2) is 0 Å². The maximum atomic E-state index is 12.5. The van der Waals surface area contributed by atoms with Crippen LogP contribution >= 0.6 is 24.4 Å². The fourth-order valence-corrected chi connectivity index (χ4v) is 2.80. The SMILES string of the molecule is CSCCC(NC(=O)C(C)N)C(=O)NC(CS)C(=O)NC(CCC(=O)O)C(=O)O. The Morgan fingerprint density at radius 3 is 1.90 bits per heavy atom. The van der Waals surface area contributed by atoms with E-state index in [1.165, 1.54) is 18.7 Å². The summed E-state index contributed by atoms with van der Waals surface area (Å²) in [6, 6.07) is -4.36. The summed E-state index contributed by atoms with van der Waals surface area (Å²) in [5, 5.41) is 24.9. The van der Waals surface area contributed by atoms with Crippen molar-refractivity contribution in [3.05, 3.63) is 0 Å². The summed E-state index contributed by atoms with van der Waals surface area (Å²) in [5.74, 6) is -4.17. The molecule has 0 saturated heterocycles. The lowest BCUT2D eigenvalue weighted by atomic mass is 10.1. The van der Waals surface area contributed by atoms with Crippen LogP contribution in [0, 0.1) is 0 Å². The van der Waals surface area contributed by atoms with Crippen LogP contribution in [0.1, 0.15) is 26.2 Å². The van der Waals surface area contributed by atoms with Gasteiger partial charge in [0.1, 0.15) is 18.1 Å². The number of hydrogen-bond donors (Lipinski definition) is 7. The molecular weight excluding hydrogens is 424 g/mol. The quantitative estimate of drug-likeness (QED) is 0.153. The number of carbonyl (C=O) groups excluding carboxylic acids is 3. The third kappa shape index (κ3) is 10.9. The molecule has 4 atom stereocenters. The number of aliphatic carboxylic acids is 2. The van der Waals surface area contributed by atoms with Gasteiger partial charge in [-0.25, -0.2) is 4.79 Å². The van der Waals surface area contributed by atoms with Gasteiger partial charge in [-0.1, -0.05) is 0 Å². The van der Waals surface area contributed by atoms with Crippen LogP contribution in [0.3, 0.4) is 0 Å². The van der Waals surface area contributed by atoms with E-state index in [9.17, 15) is 24.0 Å². The minimum atomic E-state index is -1.43. The van der Waals surface area contributed by atoms with Crippen molar-refractivity contribution >= 4 is 54.1 Å². The summed E-state index contributed by atoms with van der Waals surface area (Å²) in [7, 11) is 0. The molecule has 11 nitrogen and oxygen atoms in total. The molecule has 0 heterocycles. The number of carboxylic acids is 2. The van der Waals surface area contributed by atoms with Crippen molar-refractivity contribution in [1.82, 2.24) is 16.0 Å². The number of thioether (sulfide) groups is 1. The molecule has 0 saturated carbocycles. The Morgan fingerprint density at radius 1 is 0.931 bits per heavy atom. The van der Waals surface area contributed by atoms with Crippen molar-refractivity contribution < 1.29 is 34.2 Å². The minimum Gasteiger partial charge on any atom is -0.481 e. The Kier molecular flexibility index (Phi) is 13.1. The highest BCUT2D eigenvalue weighted by molar-refractivity contribution is 7.98. The normalized spacial score (nSPS) is 14.8. The number of thiol groups is 1. The van der Waals surface area contributed by atoms with Gasteiger partial charge >= 0.3 is 11.9 Å². The van der Waals surface area contributed by atoms with Crippen molar-refractivity contribution in [2.24, 2.45) is 5.73 Å². The van der Waals surface area contributed by atoms with E-state index in [4.69, 9.17) is 15.9 Å². The Labute approximate surface area is 178 Å². The lowest BCUT2D eigenvalue weighted by Gasteiger charge is -2.24. The number of carboxylic acid groups (broad SMARTS) is 2. The van der Waals surface area contributed by atoms with Gasteiger partial charge in [0.2, 0.25) is 17.7 Å². The zero-order chi connectivity index (χ0) is 22.6. The summed E-state index contributed by atoms with van der Waals surface area (Å²) in [5.41, 5.74) is 5.50. The van der Waals surface area contributed by atoms with Gasteiger partial charge in [0.15, 0.2) is 0 Å². The molecule has 0 aromatic heterocycles. The van der Waals surface area contributed by atoms with Crippen LogP contribution < -0.4 is 21.7 Å². The van der Waals surface area contributed by atoms with Gasteiger partial charge in [-0.05, 0) is 31.8 Å². The molecule has 7 N–H and O–H groups in total. The van der Waals surface area contributed by atoms with E-state index >= 15 is 0 Å². The van der Waals surface area contributed by atoms with Crippen LogP contribution in [-0.2, 0) is 24.0 Å². The molecule has 3 amide bonds. The topological polar surface area (TPSA) is 188 Å². The van der Waals surface area contributed by atoms with Crippen molar-refractivity contribution in [1.29, 1.82) is 0 Å². The third-order valence-corrected chi connectivity index (χ3v) is 4.74. The van der Waals surface area contributed by atoms with E-state index in [0.717, 1.165) is 0 Å². The molecule has 0 rings (SSSR count). The van der Waals surface area contributed by atoms with E-state index < -0.39 is 60.2 Å². The predicted octanol–water partition coefficient (Wildman–Crippen LogP) is -1.58. The van der Waals surface area contributed by atoms with Crippen molar-refractivity contribution in [2.45, 2.75) is 50.4 Å². The first-order valence-corrected chi connectivity index (χ1v) is 10.8. The van der Waals surface area contributed by atoms with Crippen LogP contribution in [0.25, 0.3) is 0 Å². The smallest absolute Gasteiger partial charge is 0.326 e. The molecule has 0 aromatic rings. The van der Waals surface area contributed by atoms with E-state index in [1.54, 1.807) is 0 Å². The molecule has 0 fully saturated rings. The first kappa shape index (κ1) is 27.0. The van der Waals surface area contributed by atoms with Crippen LogP contribution in [0.4, 0.5) is 0 Å². The molecule has 0 spiro atoms. The largest absolute Gasteiger partial charge is 0.481 e. The zero-order valence-corrected chi connectivity index (χ0v) is 17.9. The number of nitrogens with one attached hydrogen (secondary N) is 3. The van der Waals surface area contributed by atoms with Crippen molar-refractivity contribution in [2.75, 3.05) is 17.8 Å². The van der Waals surface area contributed by atoms with Crippen molar-refractivity contribution in [3.8, 4) is 0 Å². The van der Waals surface area contributed by atoms with Gasteiger partial charge in [-0.15, -0.1) is 0 Å². The highest BCUT2D eigenvalue weighted by Crippen LogP contribution is 2.04. The number of carbonyl (C=O) groups is 5. The Morgan fingerprint density at radius 2 is 1.45 bits per heavy atom. The molecule has 0 bridgehead atoms. The number of amides is 3. The second-order valence-corrected chi connectivity index (χ2v) is 7.56. The van der Waals surface area contributed by atoms with E-state index in [2.05, 4.69) is 28.6 Å². The zero-order valence-electron chi connectivity index (χ0n) is 16.2. The van der Waals surface area contributed by atoms with E-state index in [0.29, 0.717) is 12.2 Å². The first-order valence-electron chi connectivity index (χ1n) is 8.74. The van der Waals surface area contributed by atoms with Gasteiger partial charge < -0.3 is 31.9 Å². The molecule has 0 aromatic carbocycles. The summed E-state index contributed by atoms with van der Waals surface area (Å²) in [4.78, 5) is 58.5. The lowest BCUT2D eigenvalue weighted by molar-refractivity contribution is -0.143. The molecule has 0 aliphatic carbocycles. The van der Waals surface area contributed by atoms with Gasteiger partial charge in [-0.2, -0.15) is 24.4 Å². The van der Waals surface area contributed by atoms with Gasteiger partial charge in [0.25, 0.3) is 0 Å². The number of nitrogens with two attached hydrogens (primary N) is 1. The summed E-state index contributed by atoms with van der Waals surface area (Å²) in [6.07, 6.45) is 1.36. The lowest BCUT2D eigenvalue weighted by Crippen LogP contribution is -2.57. The molecule has 13 heteroatoms. The molecular formula is C16H28N4O7S2. The highest BCUT2D eigenvalue weighted by atomic mass is 32.2. The average Bonchev–Trinajstić information content (AvgIpc) is 2.65. The average molecular weight is 453 g/mol. The number of hydrogen-bond acceptors (Lipinski definition) is 8. The third-order valence-electron chi connectivity index (χ3n) is 3.73. The second-order valence-electron chi connectivity index (χ2n) is 6.21. The maximum Gasteiger partial charge on any atom is 0.326 e. The van der Waals surface area contributed by atoms with Gasteiger partial charge in [0, 0.05) is 12.2 Å². The Hall–Kier alpha value is -1.99. The number of rotatable bonds is 14. The molecule has 166 valence electrons. The van der Waals surface area contributed by atoms with Gasteiger partial charge in [-0.3, -0.25) is 19.2 Å². The summed E-state index contributed by atoms with van der Waals surface area (Å²) < 4.78 is 0. The fraction of sp³-hybridized carbons (Fsp3) is 0.688. The van der Waals surface area contributed by atoms with E-state index in [1.807, 2.05) is 6.26 Å². The van der Waals surface area contributed by atoms with Crippen molar-refractivity contribution in [3.63, 3.8) is 0 Å². The molecule has 0 aliphatic rings. The molecule has 29 heavy (non-hydrogen) atoms.